The molecule has 0 atom stereocenters. The van der Waals surface area contributed by atoms with E-state index in [1.807, 2.05) is 13.0 Å². The summed E-state index contributed by atoms with van der Waals surface area (Å²) in [6.07, 6.45) is 17.8. The first kappa shape index (κ1) is 17.9. The highest BCUT2D eigenvalue weighted by Crippen LogP contribution is 2.07. The first-order valence-electron chi connectivity index (χ1n) is 7.72. The minimum atomic E-state index is -0.0907. The van der Waals surface area contributed by atoms with Gasteiger partial charge in [-0.2, -0.15) is 0 Å². The number of carbonyl (C=O) groups is 1. The Balaban J connectivity index is 3.13. The van der Waals surface area contributed by atoms with Gasteiger partial charge in [-0.05, 0) is 44.9 Å². The molecule has 0 amide bonds. The van der Waals surface area contributed by atoms with Crippen LogP contribution in [0.1, 0.15) is 71.1 Å². The molecule has 110 valence electrons. The largest absolute Gasteiger partial charge is 0.466 e. The van der Waals surface area contributed by atoms with Gasteiger partial charge in [0.05, 0.1) is 6.61 Å². The molecule has 0 spiro atoms. The summed E-state index contributed by atoms with van der Waals surface area (Å²) in [5.41, 5.74) is 0. The van der Waals surface area contributed by atoms with Crippen LogP contribution in [0.15, 0.2) is 24.8 Å². The third-order valence-electron chi connectivity index (χ3n) is 3.01. The van der Waals surface area contributed by atoms with Crippen LogP contribution in [0.3, 0.4) is 0 Å². The maximum Gasteiger partial charge on any atom is 0.305 e. The highest BCUT2D eigenvalue weighted by atomic mass is 16.5. The van der Waals surface area contributed by atoms with E-state index in [2.05, 4.69) is 18.7 Å². The minimum absolute atomic E-state index is 0.0907. The van der Waals surface area contributed by atoms with E-state index in [9.17, 15) is 4.79 Å². The zero-order valence-electron chi connectivity index (χ0n) is 12.5. The summed E-state index contributed by atoms with van der Waals surface area (Å²) in [7, 11) is 0. The van der Waals surface area contributed by atoms with Gasteiger partial charge in [0.25, 0.3) is 0 Å². The molecule has 0 radical (unpaired) electrons. The molecular weight excluding hydrogens is 236 g/mol. The van der Waals surface area contributed by atoms with E-state index < -0.39 is 0 Å². The number of hydrogen-bond donors (Lipinski definition) is 0. The molecule has 0 fully saturated rings. The van der Waals surface area contributed by atoms with E-state index in [1.165, 1.54) is 32.1 Å². The number of unbranched alkanes of at least 4 members (excludes halogenated alkanes) is 7. The predicted molar refractivity (Wildman–Crippen MR) is 82.1 cm³/mol. The van der Waals surface area contributed by atoms with Crippen LogP contribution < -0.4 is 0 Å². The summed E-state index contributed by atoms with van der Waals surface area (Å²) >= 11 is 0. The van der Waals surface area contributed by atoms with Crippen LogP contribution in [0.5, 0.6) is 0 Å². The zero-order valence-corrected chi connectivity index (χ0v) is 12.5. The molecule has 0 heterocycles. The van der Waals surface area contributed by atoms with Crippen molar-refractivity contribution < 1.29 is 9.53 Å². The van der Waals surface area contributed by atoms with E-state index in [-0.39, 0.29) is 5.97 Å². The van der Waals surface area contributed by atoms with Gasteiger partial charge in [-0.3, -0.25) is 4.79 Å². The first-order valence-corrected chi connectivity index (χ1v) is 7.72. The van der Waals surface area contributed by atoms with E-state index >= 15 is 0 Å². The van der Waals surface area contributed by atoms with Crippen molar-refractivity contribution >= 4 is 5.97 Å². The predicted octanol–water partition coefficient (Wildman–Crippen LogP) is 5.19. The lowest BCUT2D eigenvalue weighted by Gasteiger charge is -2.01. The van der Waals surface area contributed by atoms with Crippen molar-refractivity contribution in [3.05, 3.63) is 24.8 Å². The number of rotatable bonds is 13. The number of carbonyl (C=O) groups excluding carboxylic acids is 1. The van der Waals surface area contributed by atoms with Crippen molar-refractivity contribution in [1.29, 1.82) is 0 Å². The van der Waals surface area contributed by atoms with Crippen LogP contribution in [0, 0.1) is 0 Å². The normalized spacial score (nSPS) is 10.8. The molecule has 19 heavy (non-hydrogen) atoms. The lowest BCUT2D eigenvalue weighted by molar-refractivity contribution is -0.143. The molecule has 0 saturated carbocycles. The van der Waals surface area contributed by atoms with Crippen LogP contribution in [-0.2, 0) is 9.53 Å². The van der Waals surface area contributed by atoms with Gasteiger partial charge in [0.15, 0.2) is 0 Å². The fourth-order valence-electron chi connectivity index (χ4n) is 1.79. The lowest BCUT2D eigenvalue weighted by Crippen LogP contribution is -2.03. The summed E-state index contributed by atoms with van der Waals surface area (Å²) in [5, 5.41) is 0. The average molecular weight is 266 g/mol. The van der Waals surface area contributed by atoms with Gasteiger partial charge in [0.1, 0.15) is 0 Å². The quantitative estimate of drug-likeness (QED) is 0.260. The molecule has 0 aliphatic heterocycles. The zero-order chi connectivity index (χ0) is 14.2. The van der Waals surface area contributed by atoms with Crippen molar-refractivity contribution in [2.24, 2.45) is 0 Å². The second-order valence-electron chi connectivity index (χ2n) is 4.82. The van der Waals surface area contributed by atoms with Gasteiger partial charge >= 0.3 is 5.97 Å². The Hall–Kier alpha value is -1.05. The molecule has 0 aliphatic rings. The van der Waals surface area contributed by atoms with Crippen LogP contribution in [0.2, 0.25) is 0 Å². The molecule has 2 heteroatoms. The molecule has 0 aromatic carbocycles. The Bertz CT molecular complexity index is 244. The van der Waals surface area contributed by atoms with Gasteiger partial charge in [0.2, 0.25) is 0 Å². The van der Waals surface area contributed by atoms with Gasteiger partial charge in [-0.1, -0.05) is 38.0 Å². The molecule has 0 aromatic heterocycles. The summed E-state index contributed by atoms with van der Waals surface area (Å²) < 4.78 is 5.01. The Labute approximate surface area is 118 Å². The second-order valence-corrected chi connectivity index (χ2v) is 4.82. The average Bonchev–Trinajstić information content (AvgIpc) is 2.43. The molecule has 0 rings (SSSR count). The fourth-order valence-corrected chi connectivity index (χ4v) is 1.79. The third-order valence-corrected chi connectivity index (χ3v) is 3.01. The maximum absolute atomic E-state index is 10.9. The van der Waals surface area contributed by atoms with Crippen molar-refractivity contribution in [2.75, 3.05) is 6.61 Å². The van der Waals surface area contributed by atoms with Crippen LogP contribution in [0.4, 0.5) is 0 Å². The molecule has 0 bridgehead atoms. The molecule has 0 aliphatic carbocycles. The summed E-state index contributed by atoms with van der Waals surface area (Å²) in [4.78, 5) is 10.9. The highest BCUT2D eigenvalue weighted by molar-refractivity contribution is 5.68. The monoisotopic (exact) mass is 266 g/mol. The topological polar surface area (TPSA) is 26.3 Å². The van der Waals surface area contributed by atoms with E-state index in [0.717, 1.165) is 25.7 Å². The highest BCUT2D eigenvalue weighted by Gasteiger charge is 1.96. The van der Waals surface area contributed by atoms with Crippen LogP contribution in [-0.4, -0.2) is 12.6 Å². The first-order chi connectivity index (χ1) is 9.31. The number of esters is 1. The molecule has 0 unspecified atom stereocenters. The Morgan fingerprint density at radius 3 is 2.11 bits per heavy atom. The van der Waals surface area contributed by atoms with Gasteiger partial charge in [-0.25, -0.2) is 0 Å². The number of ether oxygens (including phenoxy) is 1. The van der Waals surface area contributed by atoms with Crippen molar-refractivity contribution in [3.63, 3.8) is 0 Å². The Morgan fingerprint density at radius 1 is 0.947 bits per heavy atom. The van der Waals surface area contributed by atoms with Gasteiger partial charge in [-0.15, -0.1) is 6.58 Å². The number of hydrogen-bond acceptors (Lipinski definition) is 2. The Morgan fingerprint density at radius 2 is 1.53 bits per heavy atom. The van der Waals surface area contributed by atoms with Gasteiger partial charge in [0, 0.05) is 6.42 Å². The van der Waals surface area contributed by atoms with Gasteiger partial charge < -0.3 is 4.74 Å². The molecule has 0 saturated heterocycles. The minimum Gasteiger partial charge on any atom is -0.466 e. The van der Waals surface area contributed by atoms with Crippen LogP contribution >= 0.6 is 0 Å². The SMILES string of the molecule is C=CCCCCCC/C=C/CCCCOC(=O)CC. The van der Waals surface area contributed by atoms with Crippen molar-refractivity contribution in [2.45, 2.75) is 71.1 Å². The number of allylic oxidation sites excluding steroid dienone is 3. The third kappa shape index (κ3) is 14.9. The molecular formula is C17H30O2. The summed E-state index contributed by atoms with van der Waals surface area (Å²) in [6, 6.07) is 0. The smallest absolute Gasteiger partial charge is 0.305 e. The molecule has 2 nitrogen and oxygen atoms in total. The van der Waals surface area contributed by atoms with Crippen molar-refractivity contribution in [3.8, 4) is 0 Å². The summed E-state index contributed by atoms with van der Waals surface area (Å²) in [5.74, 6) is -0.0907. The summed E-state index contributed by atoms with van der Waals surface area (Å²) in [6.45, 7) is 6.12. The van der Waals surface area contributed by atoms with E-state index in [4.69, 9.17) is 4.74 Å². The molecule has 0 N–H and O–H groups in total. The Kier molecular flexibility index (Phi) is 14.2. The lowest BCUT2D eigenvalue weighted by atomic mass is 10.1. The van der Waals surface area contributed by atoms with E-state index in [0.29, 0.717) is 13.0 Å². The standard InChI is InChI=1S/C17H30O2/c1-3-5-6-7-8-9-10-11-12-13-14-15-16-19-17(18)4-2/h3,11-12H,1,4-10,13-16H2,2H3/b12-11+. The van der Waals surface area contributed by atoms with E-state index in [1.54, 1.807) is 0 Å². The fraction of sp³-hybridized carbons (Fsp3) is 0.706. The second kappa shape index (κ2) is 15.0. The molecule has 0 aromatic rings. The van der Waals surface area contributed by atoms with Crippen molar-refractivity contribution in [1.82, 2.24) is 0 Å². The maximum atomic E-state index is 10.9. The van der Waals surface area contributed by atoms with Crippen LogP contribution in [0.25, 0.3) is 0 Å².